The maximum Gasteiger partial charge on any atom is 0.270 e. The van der Waals surface area contributed by atoms with Crippen molar-refractivity contribution in [1.29, 1.82) is 0 Å². The summed E-state index contributed by atoms with van der Waals surface area (Å²) in [7, 11) is 0. The number of hydrogen-bond donors (Lipinski definition) is 1. The van der Waals surface area contributed by atoms with Gasteiger partial charge in [0.15, 0.2) is 0 Å². The van der Waals surface area contributed by atoms with E-state index in [1.54, 1.807) is 11.0 Å². The fraction of sp³-hybridized carbons (Fsp3) is 0.312. The molecule has 1 saturated heterocycles. The molecular weight excluding hydrogens is 266 g/mol. The van der Waals surface area contributed by atoms with Gasteiger partial charge in [0.25, 0.3) is 5.91 Å². The average molecular weight is 283 g/mol. The van der Waals surface area contributed by atoms with Crippen LogP contribution in [0.15, 0.2) is 36.4 Å². The Labute approximate surface area is 123 Å². The van der Waals surface area contributed by atoms with Crippen LogP contribution in [-0.4, -0.2) is 41.3 Å². The molecule has 108 valence electrons. The van der Waals surface area contributed by atoms with Crippen LogP contribution in [0.2, 0.25) is 0 Å². The Morgan fingerprint density at radius 1 is 1.10 bits per heavy atom. The highest BCUT2D eigenvalue weighted by Crippen LogP contribution is 2.11. The highest BCUT2D eigenvalue weighted by Gasteiger charge is 2.18. The van der Waals surface area contributed by atoms with E-state index in [0.717, 1.165) is 36.8 Å². The number of carbonyl (C=O) groups excluding carboxylic acids is 2. The van der Waals surface area contributed by atoms with Gasteiger partial charge in [-0.05, 0) is 25.0 Å². The van der Waals surface area contributed by atoms with Gasteiger partial charge in [0.05, 0.1) is 12.1 Å². The summed E-state index contributed by atoms with van der Waals surface area (Å²) < 4.78 is 0. The van der Waals surface area contributed by atoms with Crippen molar-refractivity contribution in [2.24, 2.45) is 0 Å². The van der Waals surface area contributed by atoms with E-state index in [9.17, 15) is 9.59 Å². The number of hydrogen-bond acceptors (Lipinski definition) is 3. The lowest BCUT2D eigenvalue weighted by Crippen LogP contribution is -2.38. The summed E-state index contributed by atoms with van der Waals surface area (Å²) >= 11 is 0. The van der Waals surface area contributed by atoms with Crippen LogP contribution >= 0.6 is 0 Å². The molecule has 21 heavy (non-hydrogen) atoms. The molecule has 0 radical (unpaired) electrons. The summed E-state index contributed by atoms with van der Waals surface area (Å²) in [5.41, 5.74) is 1.11. The molecule has 0 atom stereocenters. The van der Waals surface area contributed by atoms with Crippen LogP contribution in [0.25, 0.3) is 10.9 Å². The van der Waals surface area contributed by atoms with Gasteiger partial charge in [-0.25, -0.2) is 4.98 Å². The molecule has 1 fully saturated rings. The molecule has 1 aliphatic rings. The Kier molecular flexibility index (Phi) is 3.81. The number of aromatic nitrogens is 1. The minimum atomic E-state index is -0.312. The van der Waals surface area contributed by atoms with Crippen molar-refractivity contribution in [1.82, 2.24) is 15.2 Å². The van der Waals surface area contributed by atoms with Gasteiger partial charge in [-0.15, -0.1) is 0 Å². The van der Waals surface area contributed by atoms with Gasteiger partial charge < -0.3 is 10.2 Å². The van der Waals surface area contributed by atoms with E-state index >= 15 is 0 Å². The van der Waals surface area contributed by atoms with Crippen LogP contribution in [0.5, 0.6) is 0 Å². The summed E-state index contributed by atoms with van der Waals surface area (Å²) in [6.45, 7) is 1.62. The van der Waals surface area contributed by atoms with Crippen LogP contribution in [-0.2, 0) is 4.79 Å². The molecular formula is C16H17N3O2. The Balaban J connectivity index is 1.64. The first-order chi connectivity index (χ1) is 10.2. The van der Waals surface area contributed by atoms with Crippen molar-refractivity contribution in [3.63, 3.8) is 0 Å². The Hall–Kier alpha value is -2.43. The summed E-state index contributed by atoms with van der Waals surface area (Å²) in [5, 5.41) is 3.64. The van der Waals surface area contributed by atoms with E-state index in [1.807, 2.05) is 30.3 Å². The number of likely N-dealkylation sites (tertiary alicyclic amines) is 1. The first-order valence-electron chi connectivity index (χ1n) is 7.16. The zero-order valence-corrected chi connectivity index (χ0v) is 11.7. The fourth-order valence-electron chi connectivity index (χ4n) is 2.52. The normalized spacial score (nSPS) is 14.4. The van der Waals surface area contributed by atoms with Crippen molar-refractivity contribution in [3.8, 4) is 0 Å². The maximum absolute atomic E-state index is 12.1. The van der Waals surface area contributed by atoms with Crippen LogP contribution in [0, 0.1) is 0 Å². The number of pyridine rings is 1. The van der Waals surface area contributed by atoms with Gasteiger partial charge in [0.1, 0.15) is 5.69 Å². The third-order valence-corrected chi connectivity index (χ3v) is 3.69. The lowest BCUT2D eigenvalue weighted by atomic mass is 10.2. The maximum atomic E-state index is 12.1. The molecule has 0 unspecified atom stereocenters. The zero-order valence-electron chi connectivity index (χ0n) is 11.7. The van der Waals surface area contributed by atoms with Gasteiger partial charge in [-0.2, -0.15) is 0 Å². The lowest BCUT2D eigenvalue weighted by molar-refractivity contribution is -0.129. The van der Waals surface area contributed by atoms with E-state index in [-0.39, 0.29) is 18.4 Å². The number of para-hydroxylation sites is 1. The summed E-state index contributed by atoms with van der Waals surface area (Å²) in [5.74, 6) is -0.338. The second kappa shape index (κ2) is 5.91. The minimum absolute atomic E-state index is 0.0263. The Bertz CT molecular complexity index is 678. The molecule has 0 saturated carbocycles. The molecule has 2 aromatic rings. The molecule has 2 amide bonds. The molecule has 5 nitrogen and oxygen atoms in total. The number of nitrogens with one attached hydrogen (secondary N) is 1. The molecule has 1 aliphatic heterocycles. The van der Waals surface area contributed by atoms with Crippen molar-refractivity contribution >= 4 is 22.7 Å². The first kappa shape index (κ1) is 13.5. The molecule has 1 aromatic carbocycles. The number of nitrogens with zero attached hydrogens (tertiary/aromatic N) is 2. The summed E-state index contributed by atoms with van der Waals surface area (Å²) in [6, 6.07) is 11.2. The van der Waals surface area contributed by atoms with Crippen LogP contribution in [0.1, 0.15) is 23.3 Å². The molecule has 0 spiro atoms. The van der Waals surface area contributed by atoms with Crippen LogP contribution in [0.3, 0.4) is 0 Å². The monoisotopic (exact) mass is 283 g/mol. The second-order valence-electron chi connectivity index (χ2n) is 5.16. The third kappa shape index (κ3) is 3.02. The van der Waals surface area contributed by atoms with Crippen LogP contribution < -0.4 is 5.32 Å². The zero-order chi connectivity index (χ0) is 14.7. The van der Waals surface area contributed by atoms with Crippen LogP contribution in [0.4, 0.5) is 0 Å². The van der Waals surface area contributed by atoms with E-state index in [1.165, 1.54) is 0 Å². The average Bonchev–Trinajstić information content (AvgIpc) is 3.06. The molecule has 1 N–H and O–H groups in total. The number of fused-ring (bicyclic) bond motifs is 1. The van der Waals surface area contributed by atoms with Crippen molar-refractivity contribution in [2.45, 2.75) is 12.8 Å². The van der Waals surface area contributed by atoms with Gasteiger partial charge in [0, 0.05) is 18.5 Å². The number of amides is 2. The molecule has 3 rings (SSSR count). The van der Waals surface area contributed by atoms with Gasteiger partial charge in [-0.1, -0.05) is 24.3 Å². The van der Waals surface area contributed by atoms with Crippen molar-refractivity contribution in [3.05, 3.63) is 42.1 Å². The van der Waals surface area contributed by atoms with E-state index < -0.39 is 0 Å². The number of benzene rings is 1. The Morgan fingerprint density at radius 3 is 2.67 bits per heavy atom. The van der Waals surface area contributed by atoms with Crippen molar-refractivity contribution in [2.75, 3.05) is 19.6 Å². The molecule has 0 bridgehead atoms. The predicted molar refractivity (Wildman–Crippen MR) is 79.9 cm³/mol. The van der Waals surface area contributed by atoms with E-state index in [2.05, 4.69) is 10.3 Å². The first-order valence-corrected chi connectivity index (χ1v) is 7.16. The van der Waals surface area contributed by atoms with E-state index in [0.29, 0.717) is 5.69 Å². The molecule has 1 aromatic heterocycles. The molecule has 0 aliphatic carbocycles. The highest BCUT2D eigenvalue weighted by molar-refractivity contribution is 5.96. The number of carbonyl (C=O) groups is 2. The molecule has 5 heteroatoms. The SMILES string of the molecule is O=C(NCC(=O)N1CCCC1)c1ccc2ccccc2n1. The molecule has 2 heterocycles. The Morgan fingerprint density at radius 2 is 1.86 bits per heavy atom. The lowest BCUT2D eigenvalue weighted by Gasteiger charge is -2.15. The predicted octanol–water partition coefficient (Wildman–Crippen LogP) is 1.59. The van der Waals surface area contributed by atoms with Gasteiger partial charge in [-0.3, -0.25) is 9.59 Å². The quantitative estimate of drug-likeness (QED) is 0.930. The summed E-state index contributed by atoms with van der Waals surface area (Å²) in [6.07, 6.45) is 2.10. The highest BCUT2D eigenvalue weighted by atomic mass is 16.2. The smallest absolute Gasteiger partial charge is 0.270 e. The summed E-state index contributed by atoms with van der Waals surface area (Å²) in [4.78, 5) is 30.0. The largest absolute Gasteiger partial charge is 0.342 e. The third-order valence-electron chi connectivity index (χ3n) is 3.69. The van der Waals surface area contributed by atoms with E-state index in [4.69, 9.17) is 0 Å². The number of rotatable bonds is 3. The fourth-order valence-corrected chi connectivity index (χ4v) is 2.52. The topological polar surface area (TPSA) is 62.3 Å². The van der Waals surface area contributed by atoms with Crippen molar-refractivity contribution < 1.29 is 9.59 Å². The second-order valence-corrected chi connectivity index (χ2v) is 5.16. The van der Waals surface area contributed by atoms with Gasteiger partial charge >= 0.3 is 0 Å². The standard InChI is InChI=1S/C16H17N3O2/c20-15(19-9-3-4-10-19)11-17-16(21)14-8-7-12-5-1-2-6-13(12)18-14/h1-2,5-8H,3-4,9-11H2,(H,17,21). The van der Waals surface area contributed by atoms with Gasteiger partial charge in [0.2, 0.25) is 5.91 Å². The minimum Gasteiger partial charge on any atom is -0.342 e.